The largest absolute Gasteiger partial charge is 0.460 e. The van der Waals surface area contributed by atoms with Crippen molar-refractivity contribution in [3.63, 3.8) is 0 Å². The van der Waals surface area contributed by atoms with Gasteiger partial charge in [-0.05, 0) is 134 Å². The first-order chi connectivity index (χ1) is 32.3. The highest BCUT2D eigenvalue weighted by Crippen LogP contribution is 2.62. The lowest BCUT2D eigenvalue weighted by molar-refractivity contribution is -0.384. The number of amides is 1. The number of hydrogen-bond donors (Lipinski definition) is 3. The fourth-order valence-electron chi connectivity index (χ4n) is 9.69. The van der Waals surface area contributed by atoms with Gasteiger partial charge >= 0.3 is 0 Å². The van der Waals surface area contributed by atoms with Gasteiger partial charge in [0.2, 0.25) is 21.7 Å². The standard InChI is InChI=1S/C50H58N4O11S2/c1-5-28-62-50-47(53(3)67(60,61)41-23-14-36(15-24-41)51-33(2)57)31-45(52-63-32-34-12-16-37(17-13-34)54(58)59)43-29-35(10-6-8-26-55)42(11-7-9-27-56)48(49(43)50)44-30-39(20-25-46(44)65-50)64-38-18-21-40(66-4)22-19-38/h5,12-25,29-30,35,42,47-49,55-56H,1,6-11,26-28,31-32H2,2-4H3,(H,51,57)/t35-,42+,47-,48+,49+,50+/m0/s1. The van der Waals surface area contributed by atoms with Crippen molar-refractivity contribution in [2.45, 2.75) is 86.0 Å². The molecule has 4 aromatic rings. The summed E-state index contributed by atoms with van der Waals surface area (Å²) in [5, 5.41) is 38.8. The molecule has 1 heterocycles. The quantitative estimate of drug-likeness (QED) is 0.0222. The number of fused-ring (bicyclic) bond motifs is 2. The molecular formula is C50H58N4O11S2. The summed E-state index contributed by atoms with van der Waals surface area (Å²) < 4.78 is 51.8. The molecule has 67 heavy (non-hydrogen) atoms. The number of nitrogens with zero attached hydrogens (tertiary/aromatic N) is 3. The van der Waals surface area contributed by atoms with Crippen LogP contribution in [-0.2, 0) is 31.0 Å². The first kappa shape index (κ1) is 49.3. The summed E-state index contributed by atoms with van der Waals surface area (Å²) in [7, 11) is -2.81. The van der Waals surface area contributed by atoms with Crippen molar-refractivity contribution in [3.05, 3.63) is 137 Å². The first-order valence-electron chi connectivity index (χ1n) is 22.4. The summed E-state index contributed by atoms with van der Waals surface area (Å²) in [6.45, 7) is 5.39. The Bertz CT molecular complexity index is 2550. The van der Waals surface area contributed by atoms with E-state index in [1.165, 1.54) is 54.7 Å². The lowest BCUT2D eigenvalue weighted by Gasteiger charge is -2.59. The van der Waals surface area contributed by atoms with Gasteiger partial charge in [0.25, 0.3) is 5.69 Å². The zero-order valence-corrected chi connectivity index (χ0v) is 39.5. The molecule has 3 N–H and O–H groups in total. The van der Waals surface area contributed by atoms with Crippen molar-refractivity contribution in [2.75, 3.05) is 38.4 Å². The van der Waals surface area contributed by atoms with Gasteiger partial charge in [-0.15, -0.1) is 18.3 Å². The Hall–Kier alpha value is -5.56. The monoisotopic (exact) mass is 954 g/mol. The van der Waals surface area contributed by atoms with Gasteiger partial charge in [-0.1, -0.05) is 30.1 Å². The summed E-state index contributed by atoms with van der Waals surface area (Å²) in [6.07, 6.45) is 9.88. The Morgan fingerprint density at radius 1 is 1.00 bits per heavy atom. The van der Waals surface area contributed by atoms with Crippen LogP contribution in [0.5, 0.6) is 17.2 Å². The van der Waals surface area contributed by atoms with Crippen molar-refractivity contribution < 1.29 is 47.4 Å². The van der Waals surface area contributed by atoms with Crippen LogP contribution >= 0.6 is 11.8 Å². The maximum absolute atomic E-state index is 14.9. The number of rotatable bonds is 22. The van der Waals surface area contributed by atoms with Crippen LogP contribution in [0, 0.1) is 27.9 Å². The molecule has 3 aliphatic rings. The number of aliphatic hydroxyl groups is 2. The predicted molar refractivity (Wildman–Crippen MR) is 257 cm³/mol. The van der Waals surface area contributed by atoms with E-state index in [1.54, 1.807) is 30.0 Å². The predicted octanol–water partition coefficient (Wildman–Crippen LogP) is 9.22. The van der Waals surface area contributed by atoms with Crippen molar-refractivity contribution >= 4 is 44.8 Å². The fourth-order valence-corrected chi connectivity index (χ4v) is 11.5. The number of nitrogens with one attached hydrogen (secondary N) is 1. The van der Waals surface area contributed by atoms with Gasteiger partial charge in [0.05, 0.1) is 34.1 Å². The minimum atomic E-state index is -4.31. The molecule has 0 saturated heterocycles. The number of anilines is 1. The summed E-state index contributed by atoms with van der Waals surface area (Å²) in [6, 6.07) is 24.4. The number of hydrogen-bond acceptors (Lipinski definition) is 13. The number of oxime groups is 1. The molecule has 1 fully saturated rings. The highest BCUT2D eigenvalue weighted by atomic mass is 32.2. The number of allylic oxidation sites excluding steroid dienone is 1. The number of nitro groups is 1. The molecular weight excluding hydrogens is 897 g/mol. The highest BCUT2D eigenvalue weighted by Gasteiger charge is 2.65. The van der Waals surface area contributed by atoms with E-state index in [2.05, 4.69) is 18.0 Å². The number of ether oxygens (including phenoxy) is 3. The van der Waals surface area contributed by atoms with Gasteiger partial charge in [-0.2, -0.15) is 4.31 Å². The molecule has 0 unspecified atom stereocenters. The Morgan fingerprint density at radius 3 is 2.33 bits per heavy atom. The van der Waals surface area contributed by atoms with E-state index >= 15 is 0 Å². The molecule has 15 nitrogen and oxygen atoms in total. The first-order valence-corrected chi connectivity index (χ1v) is 25.1. The third-order valence-electron chi connectivity index (χ3n) is 12.8. The van der Waals surface area contributed by atoms with Gasteiger partial charge in [0, 0.05) is 67.8 Å². The molecule has 17 heteroatoms. The van der Waals surface area contributed by atoms with Gasteiger partial charge in [0.1, 0.15) is 23.9 Å². The van der Waals surface area contributed by atoms with Crippen molar-refractivity contribution in [1.29, 1.82) is 0 Å². The number of aliphatic hydroxyl groups excluding tert-OH is 2. The SMILES string of the molecule is C=CCO[C@@]12Oc3ccc(Oc4ccc(SC)cc4)cc3[C@H]3[C@H](CCCCO)[C@@H](CCCCO)C=C(C(=NOCc4ccc([N+](=O)[O-])cc4)C[C@@H]1N(C)S(=O)(=O)c1ccc(NC(C)=O)cc1)[C@H]32. The van der Waals surface area contributed by atoms with Crippen LogP contribution in [0.2, 0.25) is 0 Å². The van der Waals surface area contributed by atoms with Gasteiger partial charge in [-0.25, -0.2) is 8.42 Å². The molecule has 2 aliphatic carbocycles. The molecule has 0 spiro atoms. The molecule has 0 bridgehead atoms. The van der Waals surface area contributed by atoms with Crippen LogP contribution in [0.4, 0.5) is 11.4 Å². The van der Waals surface area contributed by atoms with Gasteiger partial charge in [0.15, 0.2) is 0 Å². The average molecular weight is 955 g/mol. The van der Waals surface area contributed by atoms with Crippen LogP contribution in [0.15, 0.2) is 130 Å². The summed E-state index contributed by atoms with van der Waals surface area (Å²) in [5.74, 6) is -1.39. The van der Waals surface area contributed by atoms with E-state index in [0.29, 0.717) is 59.9 Å². The Balaban J connectivity index is 1.42. The zero-order valence-electron chi connectivity index (χ0n) is 37.9. The van der Waals surface area contributed by atoms with Crippen LogP contribution in [0.25, 0.3) is 0 Å². The number of nitro benzene ring substituents is 1. The number of non-ortho nitro benzene ring substituents is 1. The lowest BCUT2D eigenvalue weighted by Crippen LogP contribution is -2.69. The van der Waals surface area contributed by atoms with E-state index in [4.69, 9.17) is 24.2 Å². The summed E-state index contributed by atoms with van der Waals surface area (Å²) in [5.41, 5.74) is 3.12. The third-order valence-corrected chi connectivity index (χ3v) is 15.4. The van der Waals surface area contributed by atoms with E-state index in [0.717, 1.165) is 28.9 Å². The molecule has 1 aliphatic heterocycles. The van der Waals surface area contributed by atoms with Crippen LogP contribution in [-0.4, -0.2) is 84.4 Å². The van der Waals surface area contributed by atoms with E-state index < -0.39 is 32.7 Å². The topological polar surface area (TPSA) is 199 Å². The zero-order chi connectivity index (χ0) is 47.7. The lowest BCUT2D eigenvalue weighted by atomic mass is 9.55. The van der Waals surface area contributed by atoms with Crippen LogP contribution < -0.4 is 14.8 Å². The van der Waals surface area contributed by atoms with Crippen molar-refractivity contribution in [2.24, 2.45) is 22.9 Å². The number of thioether (sulfide) groups is 1. The Kier molecular flexibility index (Phi) is 16.2. The number of carbonyl (C=O) groups is 1. The third kappa shape index (κ3) is 10.9. The molecule has 4 aromatic carbocycles. The maximum atomic E-state index is 14.9. The smallest absolute Gasteiger partial charge is 0.269 e. The Labute approximate surface area is 396 Å². The van der Waals surface area contributed by atoms with Gasteiger partial charge in [-0.3, -0.25) is 14.9 Å². The normalized spacial score (nSPS) is 22.5. The highest BCUT2D eigenvalue weighted by molar-refractivity contribution is 7.98. The average Bonchev–Trinajstić information content (AvgIpc) is 3.32. The Morgan fingerprint density at radius 2 is 1.69 bits per heavy atom. The number of likely N-dealkylation sites (N-methyl/N-ethyl adjacent to an activating group) is 1. The minimum Gasteiger partial charge on any atom is -0.460 e. The minimum absolute atomic E-state index is 0.00668. The van der Waals surface area contributed by atoms with E-state index in [1.807, 2.05) is 48.7 Å². The van der Waals surface area contributed by atoms with Gasteiger partial charge < -0.3 is 34.6 Å². The molecule has 7 rings (SSSR count). The number of sulfonamides is 1. The second kappa shape index (κ2) is 22.0. The molecule has 356 valence electrons. The summed E-state index contributed by atoms with van der Waals surface area (Å²) in [4.78, 5) is 29.9. The number of benzene rings is 4. The second-order valence-corrected chi connectivity index (χ2v) is 19.9. The molecule has 1 saturated carbocycles. The van der Waals surface area contributed by atoms with Crippen molar-refractivity contribution in [1.82, 2.24) is 4.31 Å². The van der Waals surface area contributed by atoms with Crippen LogP contribution in [0.1, 0.15) is 68.9 Å². The van der Waals surface area contributed by atoms with Crippen molar-refractivity contribution in [3.8, 4) is 17.2 Å². The molecule has 6 atom stereocenters. The summed E-state index contributed by atoms with van der Waals surface area (Å²) >= 11 is 1.63. The van der Waals surface area contributed by atoms with E-state index in [-0.39, 0.29) is 67.1 Å². The molecule has 1 amide bonds. The number of carbonyl (C=O) groups excluding carboxylic acids is 1. The molecule has 0 aromatic heterocycles. The fraction of sp³-hybridized carbons (Fsp3) is 0.400. The van der Waals surface area contributed by atoms with E-state index in [9.17, 15) is 33.5 Å². The molecule has 0 radical (unpaired) electrons. The second-order valence-electron chi connectivity index (χ2n) is 17.0. The maximum Gasteiger partial charge on any atom is 0.269 e. The van der Waals surface area contributed by atoms with Crippen LogP contribution in [0.3, 0.4) is 0 Å². The number of unbranched alkanes of at least 4 members (excludes halogenated alkanes) is 2.